The fraction of sp³-hybridized carbons (Fsp3) is 0.520. The number of benzene rings is 2. The van der Waals surface area contributed by atoms with Crippen LogP contribution in [-0.4, -0.2) is 18.5 Å². The zero-order valence-electron chi connectivity index (χ0n) is 17.3. The molecular formula is C25H33Cl2N. The summed E-state index contributed by atoms with van der Waals surface area (Å²) >= 11 is 12.4. The van der Waals surface area contributed by atoms with Crippen molar-refractivity contribution >= 4 is 23.2 Å². The van der Waals surface area contributed by atoms with E-state index in [1.165, 1.54) is 68.2 Å². The van der Waals surface area contributed by atoms with Gasteiger partial charge in [-0.15, -0.1) is 0 Å². The van der Waals surface area contributed by atoms with Crippen molar-refractivity contribution < 1.29 is 0 Å². The molecule has 1 nitrogen and oxygen atoms in total. The molecule has 1 aliphatic rings. The molecule has 28 heavy (non-hydrogen) atoms. The summed E-state index contributed by atoms with van der Waals surface area (Å²) in [5, 5.41) is 1.28. The molecule has 3 rings (SSSR count). The van der Waals surface area contributed by atoms with Crippen LogP contribution in [-0.2, 0) is 0 Å². The summed E-state index contributed by atoms with van der Waals surface area (Å²) in [7, 11) is 2.30. The van der Waals surface area contributed by atoms with E-state index in [9.17, 15) is 0 Å². The standard InChI is InChI=1S/C25H33Cl2N/c1-3-4-5-6-7-10-17-28(2)25-16-14-20(21-11-8-9-12-22(21)25)19-13-15-23(26)24(27)18-19/h8-9,11-13,15,18,20,25H,3-7,10,14,16-17H2,1-2H3/t20-,25+/m0/s1. The lowest BCUT2D eigenvalue weighted by Crippen LogP contribution is -2.30. The molecule has 2 atom stereocenters. The predicted molar refractivity (Wildman–Crippen MR) is 123 cm³/mol. The van der Waals surface area contributed by atoms with E-state index in [0.29, 0.717) is 22.0 Å². The molecule has 152 valence electrons. The fourth-order valence-corrected chi connectivity index (χ4v) is 4.90. The number of nitrogens with zero attached hydrogens (tertiary/aromatic N) is 1. The average molecular weight is 418 g/mol. The summed E-state index contributed by atoms with van der Waals surface area (Å²) in [6.07, 6.45) is 10.5. The Morgan fingerprint density at radius 2 is 1.57 bits per heavy atom. The lowest BCUT2D eigenvalue weighted by atomic mass is 9.76. The minimum atomic E-state index is 0.407. The fourth-order valence-electron chi connectivity index (χ4n) is 4.60. The van der Waals surface area contributed by atoms with Gasteiger partial charge in [-0.1, -0.05) is 92.6 Å². The topological polar surface area (TPSA) is 3.24 Å². The van der Waals surface area contributed by atoms with Gasteiger partial charge in [0.15, 0.2) is 0 Å². The first-order valence-electron chi connectivity index (χ1n) is 10.9. The molecule has 0 amide bonds. The van der Waals surface area contributed by atoms with E-state index in [1.54, 1.807) is 0 Å². The van der Waals surface area contributed by atoms with Crippen molar-refractivity contribution in [3.8, 4) is 0 Å². The SMILES string of the molecule is CCCCCCCCN(C)[C@@H]1CC[C@@H](c2ccc(Cl)c(Cl)c2)c2ccccc21. The lowest BCUT2D eigenvalue weighted by molar-refractivity contribution is 0.213. The number of hydrogen-bond acceptors (Lipinski definition) is 1. The van der Waals surface area contributed by atoms with Crippen LogP contribution >= 0.6 is 23.2 Å². The van der Waals surface area contributed by atoms with Crippen molar-refractivity contribution in [3.05, 3.63) is 69.2 Å². The van der Waals surface area contributed by atoms with E-state index >= 15 is 0 Å². The van der Waals surface area contributed by atoms with E-state index in [4.69, 9.17) is 23.2 Å². The third-order valence-electron chi connectivity index (χ3n) is 6.20. The Bertz CT molecular complexity index is 758. The Kier molecular flexibility index (Phi) is 8.26. The number of unbranched alkanes of at least 4 members (excludes halogenated alkanes) is 5. The first-order valence-corrected chi connectivity index (χ1v) is 11.6. The molecule has 0 spiro atoms. The van der Waals surface area contributed by atoms with E-state index in [2.05, 4.69) is 49.2 Å². The molecule has 0 bridgehead atoms. The Morgan fingerprint density at radius 3 is 2.32 bits per heavy atom. The molecule has 0 saturated heterocycles. The molecule has 0 N–H and O–H groups in total. The quantitative estimate of drug-likeness (QED) is 0.371. The molecule has 2 aromatic carbocycles. The first-order chi connectivity index (χ1) is 13.6. The molecule has 0 fully saturated rings. The molecule has 0 unspecified atom stereocenters. The molecule has 0 aliphatic heterocycles. The van der Waals surface area contributed by atoms with Gasteiger partial charge in [0.25, 0.3) is 0 Å². The third kappa shape index (κ3) is 5.32. The van der Waals surface area contributed by atoms with Gasteiger partial charge >= 0.3 is 0 Å². The number of fused-ring (bicyclic) bond motifs is 1. The van der Waals surface area contributed by atoms with Gasteiger partial charge in [-0.2, -0.15) is 0 Å². The Morgan fingerprint density at radius 1 is 0.857 bits per heavy atom. The van der Waals surface area contributed by atoms with Crippen LogP contribution in [0, 0.1) is 0 Å². The molecule has 1 aliphatic carbocycles. The maximum Gasteiger partial charge on any atom is 0.0595 e. The summed E-state index contributed by atoms with van der Waals surface area (Å²) < 4.78 is 0. The van der Waals surface area contributed by atoms with Crippen LogP contribution in [0.2, 0.25) is 10.0 Å². The highest BCUT2D eigenvalue weighted by Crippen LogP contribution is 2.44. The zero-order valence-corrected chi connectivity index (χ0v) is 18.8. The highest BCUT2D eigenvalue weighted by Gasteiger charge is 2.30. The lowest BCUT2D eigenvalue weighted by Gasteiger charge is -2.37. The largest absolute Gasteiger partial charge is 0.299 e. The van der Waals surface area contributed by atoms with E-state index in [0.717, 1.165) is 6.42 Å². The minimum Gasteiger partial charge on any atom is -0.299 e. The summed E-state index contributed by atoms with van der Waals surface area (Å²) in [4.78, 5) is 2.57. The number of halogens is 2. The van der Waals surface area contributed by atoms with Crippen LogP contribution in [0.25, 0.3) is 0 Å². The molecule has 2 aromatic rings. The maximum absolute atomic E-state index is 6.30. The van der Waals surface area contributed by atoms with Crippen molar-refractivity contribution in [1.82, 2.24) is 4.90 Å². The second-order valence-corrected chi connectivity index (χ2v) is 9.01. The molecular weight excluding hydrogens is 385 g/mol. The Labute approximate surface area is 181 Å². The van der Waals surface area contributed by atoms with Gasteiger partial charge in [0, 0.05) is 12.0 Å². The molecule has 0 aromatic heterocycles. The van der Waals surface area contributed by atoms with Crippen LogP contribution in [0.1, 0.15) is 86.9 Å². The minimum absolute atomic E-state index is 0.407. The maximum atomic E-state index is 6.30. The summed E-state index contributed by atoms with van der Waals surface area (Å²) in [6, 6.07) is 15.6. The van der Waals surface area contributed by atoms with Gasteiger partial charge in [0.2, 0.25) is 0 Å². The third-order valence-corrected chi connectivity index (χ3v) is 6.94. The van der Waals surface area contributed by atoms with E-state index in [-0.39, 0.29) is 0 Å². The van der Waals surface area contributed by atoms with Gasteiger partial charge in [0.1, 0.15) is 0 Å². The number of rotatable bonds is 9. The molecule has 0 saturated carbocycles. The van der Waals surface area contributed by atoms with Crippen molar-refractivity contribution in [2.45, 2.75) is 70.3 Å². The van der Waals surface area contributed by atoms with Crippen molar-refractivity contribution in [3.63, 3.8) is 0 Å². The molecule has 0 radical (unpaired) electrons. The summed E-state index contributed by atoms with van der Waals surface area (Å²) in [5.41, 5.74) is 4.21. The van der Waals surface area contributed by atoms with Crippen molar-refractivity contribution in [2.24, 2.45) is 0 Å². The van der Waals surface area contributed by atoms with Crippen LogP contribution in [0.15, 0.2) is 42.5 Å². The normalized spacial score (nSPS) is 19.0. The predicted octanol–water partition coefficient (Wildman–Crippen LogP) is 8.25. The van der Waals surface area contributed by atoms with Gasteiger partial charge < -0.3 is 0 Å². The first kappa shape index (κ1) is 21.7. The summed E-state index contributed by atoms with van der Waals surface area (Å²) in [6.45, 7) is 3.46. The van der Waals surface area contributed by atoms with Crippen LogP contribution in [0.4, 0.5) is 0 Å². The van der Waals surface area contributed by atoms with Crippen LogP contribution in [0.3, 0.4) is 0 Å². The molecule has 0 heterocycles. The van der Waals surface area contributed by atoms with Crippen molar-refractivity contribution in [2.75, 3.05) is 13.6 Å². The zero-order chi connectivity index (χ0) is 19.9. The Hall–Kier alpha value is -1.02. The summed E-state index contributed by atoms with van der Waals surface area (Å²) in [5.74, 6) is 0.407. The Balaban J connectivity index is 1.69. The highest BCUT2D eigenvalue weighted by molar-refractivity contribution is 6.42. The van der Waals surface area contributed by atoms with E-state index in [1.807, 2.05) is 12.1 Å². The average Bonchev–Trinajstić information content (AvgIpc) is 2.71. The van der Waals surface area contributed by atoms with Gasteiger partial charge in [-0.25, -0.2) is 0 Å². The van der Waals surface area contributed by atoms with Gasteiger partial charge in [-0.05, 0) is 61.7 Å². The van der Waals surface area contributed by atoms with Crippen LogP contribution in [0.5, 0.6) is 0 Å². The highest BCUT2D eigenvalue weighted by atomic mass is 35.5. The second kappa shape index (κ2) is 10.7. The second-order valence-electron chi connectivity index (χ2n) is 8.20. The number of hydrogen-bond donors (Lipinski definition) is 0. The van der Waals surface area contributed by atoms with Crippen molar-refractivity contribution in [1.29, 1.82) is 0 Å². The van der Waals surface area contributed by atoms with Gasteiger partial charge in [-0.3, -0.25) is 4.90 Å². The van der Waals surface area contributed by atoms with E-state index < -0.39 is 0 Å². The van der Waals surface area contributed by atoms with Gasteiger partial charge in [0.05, 0.1) is 10.0 Å². The molecule has 3 heteroatoms. The smallest absolute Gasteiger partial charge is 0.0595 e. The monoisotopic (exact) mass is 417 g/mol. The van der Waals surface area contributed by atoms with Crippen LogP contribution < -0.4 is 0 Å².